The normalized spacial score (nSPS) is 16.9. The van der Waals surface area contributed by atoms with Crippen LogP contribution in [0.25, 0.3) is 0 Å². The van der Waals surface area contributed by atoms with Gasteiger partial charge in [0.25, 0.3) is 0 Å². The van der Waals surface area contributed by atoms with E-state index < -0.39 is 0 Å². The molecule has 132 valence electrons. The van der Waals surface area contributed by atoms with Gasteiger partial charge in [-0.25, -0.2) is 0 Å². The van der Waals surface area contributed by atoms with Gasteiger partial charge in [-0.05, 0) is 51.4 Å². The molecule has 1 aromatic heterocycles. The fraction of sp³-hybridized carbons (Fsp3) is 0.706. The van der Waals surface area contributed by atoms with Crippen molar-refractivity contribution in [2.24, 2.45) is 4.99 Å². The smallest absolute Gasteiger partial charge is 0.191 e. The standard InChI is InChI=1S/C17H30N4O.HI/c1-3-5-10-19-17(18-4-2)20-14-15(16-9-8-13-22-16)21-11-6-7-12-21;/h8-9,13,15H,3-7,10-12,14H2,1-2H3,(H2,18,19,20);1H. The van der Waals surface area contributed by atoms with Crippen LogP contribution in [0.4, 0.5) is 0 Å². The molecule has 0 saturated carbocycles. The Balaban J connectivity index is 0.00000264. The lowest BCUT2D eigenvalue weighted by Crippen LogP contribution is -2.38. The molecular formula is C17H31IN4O. The van der Waals surface area contributed by atoms with Gasteiger partial charge in [0.05, 0.1) is 18.8 Å². The lowest BCUT2D eigenvalue weighted by molar-refractivity contribution is 0.221. The Morgan fingerprint density at radius 2 is 2.09 bits per heavy atom. The second kappa shape index (κ2) is 11.7. The van der Waals surface area contributed by atoms with Crippen LogP contribution in [0.1, 0.15) is 51.3 Å². The molecule has 6 heteroatoms. The minimum absolute atomic E-state index is 0. The molecule has 0 amide bonds. The molecule has 0 radical (unpaired) electrons. The highest BCUT2D eigenvalue weighted by molar-refractivity contribution is 14.0. The molecule has 2 N–H and O–H groups in total. The molecule has 0 bridgehead atoms. The molecule has 2 rings (SSSR count). The molecule has 0 aromatic carbocycles. The van der Waals surface area contributed by atoms with Crippen molar-refractivity contribution in [3.8, 4) is 0 Å². The Hall–Kier alpha value is -0.760. The first-order valence-electron chi connectivity index (χ1n) is 8.64. The van der Waals surface area contributed by atoms with E-state index in [4.69, 9.17) is 9.41 Å². The van der Waals surface area contributed by atoms with Gasteiger partial charge in [0.1, 0.15) is 5.76 Å². The quantitative estimate of drug-likeness (QED) is 0.285. The van der Waals surface area contributed by atoms with E-state index in [-0.39, 0.29) is 30.0 Å². The van der Waals surface area contributed by atoms with Crippen molar-refractivity contribution in [2.75, 3.05) is 32.7 Å². The van der Waals surface area contributed by atoms with E-state index in [9.17, 15) is 0 Å². The number of furan rings is 1. The zero-order valence-electron chi connectivity index (χ0n) is 14.4. The summed E-state index contributed by atoms with van der Waals surface area (Å²) in [5.41, 5.74) is 0. The highest BCUT2D eigenvalue weighted by Gasteiger charge is 2.25. The summed E-state index contributed by atoms with van der Waals surface area (Å²) in [7, 11) is 0. The first kappa shape index (κ1) is 20.3. The third-order valence-electron chi connectivity index (χ3n) is 4.04. The van der Waals surface area contributed by atoms with Crippen LogP contribution in [0.15, 0.2) is 27.8 Å². The first-order chi connectivity index (χ1) is 10.8. The molecule has 23 heavy (non-hydrogen) atoms. The molecule has 1 fully saturated rings. The van der Waals surface area contributed by atoms with Gasteiger partial charge in [-0.1, -0.05) is 13.3 Å². The molecule has 5 nitrogen and oxygen atoms in total. The number of aliphatic imine (C=N–C) groups is 1. The Bertz CT molecular complexity index is 430. The van der Waals surface area contributed by atoms with Gasteiger partial charge in [-0.15, -0.1) is 24.0 Å². The summed E-state index contributed by atoms with van der Waals surface area (Å²) in [5.74, 6) is 1.93. The largest absolute Gasteiger partial charge is 0.468 e. The topological polar surface area (TPSA) is 52.8 Å². The summed E-state index contributed by atoms with van der Waals surface area (Å²) in [6.45, 7) is 9.16. The summed E-state index contributed by atoms with van der Waals surface area (Å²) >= 11 is 0. The predicted molar refractivity (Wildman–Crippen MR) is 107 cm³/mol. The second-order valence-electron chi connectivity index (χ2n) is 5.77. The molecule has 1 saturated heterocycles. The van der Waals surface area contributed by atoms with Crippen molar-refractivity contribution in [3.63, 3.8) is 0 Å². The van der Waals surface area contributed by atoms with E-state index in [0.717, 1.165) is 50.9 Å². The van der Waals surface area contributed by atoms with E-state index in [1.54, 1.807) is 6.26 Å². The number of hydrogen-bond donors (Lipinski definition) is 2. The Morgan fingerprint density at radius 3 is 2.70 bits per heavy atom. The maximum absolute atomic E-state index is 5.65. The Morgan fingerprint density at radius 1 is 1.30 bits per heavy atom. The highest BCUT2D eigenvalue weighted by Crippen LogP contribution is 2.25. The molecule has 0 spiro atoms. The van der Waals surface area contributed by atoms with E-state index in [1.807, 2.05) is 6.07 Å². The third-order valence-corrected chi connectivity index (χ3v) is 4.04. The number of unbranched alkanes of at least 4 members (excludes halogenated alkanes) is 1. The predicted octanol–water partition coefficient (Wildman–Crippen LogP) is 3.39. The summed E-state index contributed by atoms with van der Waals surface area (Å²) in [5, 5.41) is 6.73. The van der Waals surface area contributed by atoms with E-state index >= 15 is 0 Å². The lowest BCUT2D eigenvalue weighted by Gasteiger charge is -2.24. The monoisotopic (exact) mass is 434 g/mol. The average Bonchev–Trinajstić information content (AvgIpc) is 3.21. The SMILES string of the molecule is CCCCNC(=NCC(c1ccco1)N1CCCC1)NCC.I. The van der Waals surface area contributed by atoms with Crippen LogP contribution >= 0.6 is 24.0 Å². The van der Waals surface area contributed by atoms with Crippen LogP contribution in [0, 0.1) is 0 Å². The zero-order valence-corrected chi connectivity index (χ0v) is 16.7. The Labute approximate surface area is 157 Å². The van der Waals surface area contributed by atoms with Crippen LogP contribution in [-0.2, 0) is 0 Å². The lowest BCUT2D eigenvalue weighted by atomic mass is 10.2. The van der Waals surface area contributed by atoms with Gasteiger partial charge < -0.3 is 15.1 Å². The summed E-state index contributed by atoms with van der Waals surface area (Å²) in [4.78, 5) is 7.26. The number of likely N-dealkylation sites (tertiary alicyclic amines) is 1. The van der Waals surface area contributed by atoms with Crippen molar-refractivity contribution in [3.05, 3.63) is 24.2 Å². The van der Waals surface area contributed by atoms with Crippen LogP contribution < -0.4 is 10.6 Å². The molecule has 1 atom stereocenters. The van der Waals surface area contributed by atoms with Crippen LogP contribution in [0.5, 0.6) is 0 Å². The molecule has 1 aliphatic rings. The van der Waals surface area contributed by atoms with Crippen molar-refractivity contribution < 1.29 is 4.42 Å². The highest BCUT2D eigenvalue weighted by atomic mass is 127. The number of guanidine groups is 1. The summed E-state index contributed by atoms with van der Waals surface area (Å²) < 4.78 is 5.65. The van der Waals surface area contributed by atoms with Crippen molar-refractivity contribution >= 4 is 29.9 Å². The van der Waals surface area contributed by atoms with Gasteiger partial charge in [0.15, 0.2) is 5.96 Å². The number of hydrogen-bond acceptors (Lipinski definition) is 3. The fourth-order valence-electron chi connectivity index (χ4n) is 2.82. The van der Waals surface area contributed by atoms with Crippen LogP contribution in [0.2, 0.25) is 0 Å². The van der Waals surface area contributed by atoms with Gasteiger partial charge in [-0.3, -0.25) is 9.89 Å². The number of nitrogens with one attached hydrogen (secondary N) is 2. The molecule has 0 aliphatic carbocycles. The zero-order chi connectivity index (χ0) is 15.6. The van der Waals surface area contributed by atoms with Crippen LogP contribution in [0.3, 0.4) is 0 Å². The molecule has 2 heterocycles. The molecular weight excluding hydrogens is 403 g/mol. The van der Waals surface area contributed by atoms with Gasteiger partial charge in [0, 0.05) is 13.1 Å². The van der Waals surface area contributed by atoms with Crippen molar-refractivity contribution in [2.45, 2.75) is 45.6 Å². The maximum atomic E-state index is 5.65. The van der Waals surface area contributed by atoms with Gasteiger partial charge >= 0.3 is 0 Å². The number of halogens is 1. The average molecular weight is 434 g/mol. The first-order valence-corrected chi connectivity index (χ1v) is 8.64. The third kappa shape index (κ3) is 6.71. The van der Waals surface area contributed by atoms with Gasteiger partial charge in [0.2, 0.25) is 0 Å². The fourth-order valence-corrected chi connectivity index (χ4v) is 2.82. The minimum atomic E-state index is 0. The maximum Gasteiger partial charge on any atom is 0.191 e. The van der Waals surface area contributed by atoms with Crippen molar-refractivity contribution in [1.29, 1.82) is 0 Å². The Kier molecular flexibility index (Phi) is 10.3. The van der Waals surface area contributed by atoms with E-state index in [0.29, 0.717) is 0 Å². The van der Waals surface area contributed by atoms with E-state index in [2.05, 4.69) is 35.4 Å². The van der Waals surface area contributed by atoms with E-state index in [1.165, 1.54) is 19.3 Å². The second-order valence-corrected chi connectivity index (χ2v) is 5.77. The number of nitrogens with zero attached hydrogens (tertiary/aromatic N) is 2. The molecule has 1 aliphatic heterocycles. The molecule has 1 unspecified atom stereocenters. The molecule has 1 aromatic rings. The number of rotatable bonds is 8. The summed E-state index contributed by atoms with van der Waals surface area (Å²) in [6, 6.07) is 4.28. The van der Waals surface area contributed by atoms with Gasteiger partial charge in [-0.2, -0.15) is 0 Å². The summed E-state index contributed by atoms with van der Waals surface area (Å²) in [6.07, 6.45) is 6.66. The minimum Gasteiger partial charge on any atom is -0.468 e. The van der Waals surface area contributed by atoms with Crippen LogP contribution in [-0.4, -0.2) is 43.6 Å². The van der Waals surface area contributed by atoms with Crippen molar-refractivity contribution in [1.82, 2.24) is 15.5 Å².